The van der Waals surface area contributed by atoms with E-state index in [1.807, 2.05) is 0 Å². The Bertz CT molecular complexity index is 2250. The first-order valence-electron chi connectivity index (χ1n) is 21.8. The van der Waals surface area contributed by atoms with E-state index in [0.717, 1.165) is 4.90 Å². The van der Waals surface area contributed by atoms with Crippen LogP contribution < -0.4 is 48.7 Å². The first-order valence-corrected chi connectivity index (χ1v) is 21.4. The fraction of sp³-hybridized carbons (Fsp3) is 0.512. The van der Waals surface area contributed by atoms with Crippen LogP contribution in [-0.2, 0) is 46.3 Å². The number of nitrogens with one attached hydrogen (secondary N) is 7. The minimum atomic E-state index is -2.28. The smallest absolute Gasteiger partial charge is 0.246 e. The molecule has 19 N–H and O–H groups in total. The van der Waals surface area contributed by atoms with E-state index < -0.39 is 153 Å². The number of nitrogens with two attached hydrogens (primary N) is 2. The standard InChI is InChI=1S/C41H56N12O15/c42-40-45-12-22(50-40)29(58)27-38(67)52-28(30(59)24-13-46-41(43)53(24)39-33(62)32(61)31(60)25(16-55)68-39)37(66)49-23(15-54)34(63)44-14-26(57)47-20(10-17-4-2-1-3-5-17)35(64)48-21(36(65)51-27)11-18-6-8-19(56)9-7-18/h1-9,20-25,27-33,39,54-56,58-62H,10-16H2,(H2,43,46)(H,44,63)(H,47,57)(H,48,64)(H,49,66)(H,51,65)(H,52,67)(H3,42,45,50)/t20-,21-,22?,23-,24?,25+,27-,28+,29?,30?,31+,32-,33-,39-/m0/s1/i/hD. The summed E-state index contributed by atoms with van der Waals surface area (Å²) in [6.45, 7) is -3.75. The van der Waals surface area contributed by atoms with Crippen LogP contribution in [0, 0.1) is 0 Å². The van der Waals surface area contributed by atoms with Crippen LogP contribution in [0.4, 0.5) is 0 Å². The van der Waals surface area contributed by atoms with Crippen molar-refractivity contribution >= 4 is 47.4 Å². The van der Waals surface area contributed by atoms with Crippen LogP contribution in [0.25, 0.3) is 0 Å². The van der Waals surface area contributed by atoms with Crippen molar-refractivity contribution in [2.45, 2.75) is 98.0 Å². The molecule has 2 aromatic rings. The molecule has 370 valence electrons. The van der Waals surface area contributed by atoms with Crippen LogP contribution in [-0.4, -0.2) is 211 Å². The third kappa shape index (κ3) is 11.9. The number of nitrogens with zero attached hydrogens (tertiary/aromatic N) is 3. The number of rotatable bonds is 11. The lowest BCUT2D eigenvalue weighted by Gasteiger charge is -2.46. The maximum Gasteiger partial charge on any atom is 0.246 e. The number of phenolic OH excluding ortho intramolecular Hbond substituents is 1. The second-order valence-electron chi connectivity index (χ2n) is 16.4. The SMILES string of the molecule is [2H]N1C(=O)CNC(=O)[C@H](CO)NC(=O)[C@@H](C(O)C2CN=C(N)N2[C@H]2O[C@H](CO)[C@@H](O)[C@H](O)[C@@H]2O)NC(=O)[C@H](C(O)C2CN=C(N)N2)NC(=O)[C@H](Cc2ccc(O)cc2)NC(=O)[C@@H]1Cc1ccccc1. The molecule has 0 aliphatic carbocycles. The lowest BCUT2D eigenvalue weighted by molar-refractivity contribution is -0.260. The van der Waals surface area contributed by atoms with Crippen LogP contribution in [0.3, 0.4) is 0 Å². The van der Waals surface area contributed by atoms with Gasteiger partial charge in [0.2, 0.25) is 35.4 Å². The van der Waals surface area contributed by atoms with E-state index in [2.05, 4.69) is 41.9 Å². The molecule has 27 heteroatoms. The van der Waals surface area contributed by atoms with Gasteiger partial charge < -0.3 is 99.2 Å². The number of aliphatic hydroxyl groups is 7. The molecule has 0 spiro atoms. The molecule has 14 atom stereocenters. The molecular formula is C41H56N12O15. The zero-order valence-corrected chi connectivity index (χ0v) is 36.1. The highest BCUT2D eigenvalue weighted by Gasteiger charge is 2.52. The van der Waals surface area contributed by atoms with Crippen molar-refractivity contribution in [1.29, 1.82) is 0 Å². The number of ether oxygens (including phenoxy) is 1. The third-order valence-corrected chi connectivity index (χ3v) is 11.8. The molecule has 6 amide bonds. The molecule has 4 heterocycles. The number of carbonyl (C=O) groups is 6. The molecule has 0 saturated carbocycles. The molecule has 2 saturated heterocycles. The molecule has 2 fully saturated rings. The summed E-state index contributed by atoms with van der Waals surface area (Å²) >= 11 is 0. The first-order chi connectivity index (χ1) is 32.8. The Hall–Kier alpha value is -6.72. The average molecular weight is 958 g/mol. The van der Waals surface area contributed by atoms with E-state index >= 15 is 0 Å². The van der Waals surface area contributed by atoms with Crippen molar-refractivity contribution < 1.29 is 75.8 Å². The van der Waals surface area contributed by atoms with Gasteiger partial charge >= 0.3 is 0 Å². The molecule has 0 bridgehead atoms. The van der Waals surface area contributed by atoms with E-state index in [1.54, 1.807) is 30.3 Å². The Labute approximate surface area is 388 Å². The van der Waals surface area contributed by atoms with Gasteiger partial charge in [-0.05, 0) is 23.3 Å². The zero-order chi connectivity index (χ0) is 50.3. The van der Waals surface area contributed by atoms with E-state index in [1.165, 1.54) is 24.3 Å². The molecule has 4 unspecified atom stereocenters. The van der Waals surface area contributed by atoms with Gasteiger partial charge in [-0.25, -0.2) is 0 Å². The molecular weight excluding hydrogens is 901 g/mol. The van der Waals surface area contributed by atoms with Crippen molar-refractivity contribution in [3.05, 3.63) is 65.7 Å². The molecule has 4 aliphatic heterocycles. The topological polar surface area (TPSA) is 438 Å². The van der Waals surface area contributed by atoms with Crippen molar-refractivity contribution in [3.63, 3.8) is 0 Å². The van der Waals surface area contributed by atoms with Gasteiger partial charge in [0, 0.05) is 12.8 Å². The predicted molar refractivity (Wildman–Crippen MR) is 233 cm³/mol. The van der Waals surface area contributed by atoms with E-state index in [-0.39, 0.29) is 36.4 Å². The fourth-order valence-electron chi connectivity index (χ4n) is 8.00. The van der Waals surface area contributed by atoms with Crippen molar-refractivity contribution in [1.82, 2.24) is 42.1 Å². The molecule has 0 aromatic heterocycles. The van der Waals surface area contributed by atoms with Gasteiger partial charge in [-0.3, -0.25) is 38.8 Å². The Morgan fingerprint density at radius 3 is 1.94 bits per heavy atom. The zero-order valence-electron chi connectivity index (χ0n) is 37.1. The molecule has 4 aliphatic rings. The highest BCUT2D eigenvalue weighted by Crippen LogP contribution is 2.29. The van der Waals surface area contributed by atoms with E-state index in [9.17, 15) is 69.6 Å². The second kappa shape index (κ2) is 22.4. The highest BCUT2D eigenvalue weighted by atomic mass is 16.6. The summed E-state index contributed by atoms with van der Waals surface area (Å²) in [6.07, 6.45) is -13.9. The number of amides is 6. The Balaban J connectivity index is 1.41. The average Bonchev–Trinajstić information content (AvgIpc) is 3.96. The van der Waals surface area contributed by atoms with E-state index in [4.69, 9.17) is 17.6 Å². The van der Waals surface area contributed by atoms with Gasteiger partial charge in [-0.1, -0.05) is 42.5 Å². The predicted octanol–water partition coefficient (Wildman–Crippen LogP) is -9.47. The number of hydrogen-bond acceptors (Lipinski definition) is 21. The van der Waals surface area contributed by atoms with Crippen LogP contribution >= 0.6 is 0 Å². The van der Waals surface area contributed by atoms with Gasteiger partial charge in [0.05, 0.1) is 44.9 Å². The van der Waals surface area contributed by atoms with Crippen LogP contribution in [0.1, 0.15) is 11.1 Å². The number of aliphatic hydroxyl groups excluding tert-OH is 7. The van der Waals surface area contributed by atoms with Gasteiger partial charge in [-0.15, -0.1) is 0 Å². The number of benzene rings is 2. The first kappa shape index (κ1) is 49.2. The summed E-state index contributed by atoms with van der Waals surface area (Å²) in [4.78, 5) is 93.9. The maximum atomic E-state index is 14.7. The van der Waals surface area contributed by atoms with Crippen LogP contribution in [0.5, 0.6) is 5.75 Å². The third-order valence-electron chi connectivity index (χ3n) is 11.8. The second-order valence-corrected chi connectivity index (χ2v) is 16.4. The maximum absolute atomic E-state index is 14.7. The summed E-state index contributed by atoms with van der Waals surface area (Å²) in [6, 6.07) is 1.14. The largest absolute Gasteiger partial charge is 0.508 e. The van der Waals surface area contributed by atoms with Gasteiger partial charge in [-0.2, -0.15) is 0 Å². The number of carbonyl (C=O) groups excluding carboxylic acids is 6. The Morgan fingerprint density at radius 1 is 0.691 bits per heavy atom. The van der Waals surface area contributed by atoms with Crippen molar-refractivity contribution in [2.24, 2.45) is 21.5 Å². The summed E-state index contributed by atoms with van der Waals surface area (Å²) in [5, 5.41) is 101. The molecule has 0 radical (unpaired) electrons. The van der Waals surface area contributed by atoms with Crippen LogP contribution in [0.2, 0.25) is 1.41 Å². The van der Waals surface area contributed by atoms with Gasteiger partial charge in [0.25, 0.3) is 0 Å². The number of guanidine groups is 2. The minimum Gasteiger partial charge on any atom is -0.508 e. The van der Waals surface area contributed by atoms with Crippen molar-refractivity contribution in [3.8, 4) is 5.75 Å². The summed E-state index contributed by atoms with van der Waals surface area (Å²) in [5.41, 5.74) is 12.8. The molecule has 27 nitrogen and oxygen atoms in total. The summed E-state index contributed by atoms with van der Waals surface area (Å²) in [7, 11) is 0. The number of phenols is 1. The fourth-order valence-corrected chi connectivity index (χ4v) is 8.00. The quantitative estimate of drug-likeness (QED) is 0.0994. The number of aliphatic imine (C=N–C) groups is 2. The minimum absolute atomic E-state index is 0.144. The number of aromatic hydroxyl groups is 1. The lowest BCUT2D eigenvalue weighted by Crippen LogP contribution is -2.70. The summed E-state index contributed by atoms with van der Waals surface area (Å²) < 4.78 is 14.4. The number of hydrogen-bond donors (Lipinski definition) is 17. The normalized spacial score (nSPS) is 32.4. The molecule has 6 rings (SSSR count). The Morgan fingerprint density at radius 2 is 1.29 bits per heavy atom. The van der Waals surface area contributed by atoms with Gasteiger partial charge in [0.15, 0.2) is 19.6 Å². The van der Waals surface area contributed by atoms with Crippen molar-refractivity contribution in [2.75, 3.05) is 32.8 Å². The molecule has 68 heavy (non-hydrogen) atoms. The lowest BCUT2D eigenvalue weighted by atomic mass is 9.95. The van der Waals surface area contributed by atoms with E-state index in [0.29, 0.717) is 11.1 Å². The Kier molecular flexibility index (Phi) is 16.2. The van der Waals surface area contributed by atoms with Gasteiger partial charge in [0.1, 0.15) is 72.6 Å². The summed E-state index contributed by atoms with van der Waals surface area (Å²) in [5.74, 6) is -8.13. The van der Waals surface area contributed by atoms with Crippen LogP contribution in [0.15, 0.2) is 64.6 Å². The highest BCUT2D eigenvalue weighted by molar-refractivity contribution is 5.98. The molecule has 2 aromatic carbocycles. The monoisotopic (exact) mass is 957 g/mol.